The van der Waals surface area contributed by atoms with Gasteiger partial charge in [-0.15, -0.1) is 11.3 Å². The summed E-state index contributed by atoms with van der Waals surface area (Å²) in [5.41, 5.74) is 2.28. The minimum atomic E-state index is -0.759. The number of aryl methyl sites for hydroxylation is 1. The van der Waals surface area contributed by atoms with Crippen molar-refractivity contribution in [2.24, 2.45) is 0 Å². The van der Waals surface area contributed by atoms with Gasteiger partial charge in [0.15, 0.2) is 5.13 Å². The van der Waals surface area contributed by atoms with E-state index in [4.69, 9.17) is 0 Å². The Balaban J connectivity index is 1.95. The summed E-state index contributed by atoms with van der Waals surface area (Å²) < 4.78 is 0.810. The van der Waals surface area contributed by atoms with Gasteiger partial charge in [-0.25, -0.2) is 4.98 Å². The van der Waals surface area contributed by atoms with E-state index in [9.17, 15) is 14.7 Å². The van der Waals surface area contributed by atoms with Crippen LogP contribution in [0.1, 0.15) is 22.7 Å². The molecule has 0 bridgehead atoms. The summed E-state index contributed by atoms with van der Waals surface area (Å²) in [6.45, 7) is 1.94. The number of halogens is 1. The minimum absolute atomic E-state index is 0.0575. The van der Waals surface area contributed by atoms with Gasteiger partial charge in [0, 0.05) is 21.6 Å². The summed E-state index contributed by atoms with van der Waals surface area (Å²) in [6.07, 6.45) is 1.58. The molecule has 1 unspecified atom stereocenters. The van der Waals surface area contributed by atoms with Crippen molar-refractivity contribution in [2.45, 2.75) is 13.0 Å². The average molecular weight is 455 g/mol. The van der Waals surface area contributed by atoms with E-state index in [0.29, 0.717) is 16.3 Å². The third-order valence-electron chi connectivity index (χ3n) is 4.56. The van der Waals surface area contributed by atoms with E-state index in [2.05, 4.69) is 20.9 Å². The van der Waals surface area contributed by atoms with Crippen molar-refractivity contribution >= 4 is 49.8 Å². The Kier molecular flexibility index (Phi) is 4.87. The number of aliphatic hydroxyl groups excluding tert-OH is 1. The second kappa shape index (κ2) is 7.33. The fourth-order valence-electron chi connectivity index (χ4n) is 3.22. The predicted molar refractivity (Wildman–Crippen MR) is 112 cm³/mol. The first kappa shape index (κ1) is 18.6. The smallest absolute Gasteiger partial charge is 0.301 e. The lowest BCUT2D eigenvalue weighted by atomic mass is 9.95. The number of Topliss-reactive ketones (excluding diaryl/α,β-unsaturated/α-hetero) is 1. The summed E-state index contributed by atoms with van der Waals surface area (Å²) in [6, 6.07) is 13.7. The van der Waals surface area contributed by atoms with E-state index in [0.717, 1.165) is 10.0 Å². The number of hydrogen-bond donors (Lipinski definition) is 1. The van der Waals surface area contributed by atoms with Crippen LogP contribution in [0.3, 0.4) is 0 Å². The molecule has 3 aromatic rings. The van der Waals surface area contributed by atoms with Crippen LogP contribution in [0.5, 0.6) is 0 Å². The molecule has 1 aliphatic rings. The zero-order valence-electron chi connectivity index (χ0n) is 14.8. The van der Waals surface area contributed by atoms with Gasteiger partial charge < -0.3 is 5.11 Å². The molecule has 1 fully saturated rings. The van der Waals surface area contributed by atoms with E-state index >= 15 is 0 Å². The first-order valence-corrected chi connectivity index (χ1v) is 10.2. The number of thiazole rings is 1. The molecule has 140 valence electrons. The molecule has 0 aliphatic carbocycles. The highest BCUT2D eigenvalue weighted by Crippen LogP contribution is 2.43. The van der Waals surface area contributed by atoms with Crippen LogP contribution in [-0.2, 0) is 9.59 Å². The Hall–Kier alpha value is -2.77. The zero-order valence-corrected chi connectivity index (χ0v) is 17.2. The van der Waals surface area contributed by atoms with Crippen LogP contribution in [0.25, 0.3) is 5.76 Å². The molecular formula is C21H15BrN2O3S. The molecule has 0 spiro atoms. The van der Waals surface area contributed by atoms with Gasteiger partial charge in [-0.1, -0.05) is 57.9 Å². The van der Waals surface area contributed by atoms with Crippen molar-refractivity contribution in [2.75, 3.05) is 4.90 Å². The lowest BCUT2D eigenvalue weighted by Crippen LogP contribution is -2.29. The van der Waals surface area contributed by atoms with Gasteiger partial charge >= 0.3 is 5.91 Å². The Labute approximate surface area is 174 Å². The van der Waals surface area contributed by atoms with Crippen molar-refractivity contribution < 1.29 is 14.7 Å². The zero-order chi connectivity index (χ0) is 19.8. The monoisotopic (exact) mass is 454 g/mol. The number of nitrogens with zero attached hydrogens (tertiary/aromatic N) is 2. The molecular weight excluding hydrogens is 440 g/mol. The fraction of sp³-hybridized carbons (Fsp3) is 0.0952. The highest BCUT2D eigenvalue weighted by Gasteiger charge is 2.47. The Morgan fingerprint density at radius 3 is 2.57 bits per heavy atom. The standard InChI is InChI=1S/C21H15BrN2O3S/c1-12-5-7-13(8-6-12)18(25)16-17(14-3-2-4-15(22)11-14)24(20(27)19(16)26)21-23-9-10-28-21/h2-11,17,25H,1H3. The maximum atomic E-state index is 12.9. The third-order valence-corrected chi connectivity index (χ3v) is 5.82. The summed E-state index contributed by atoms with van der Waals surface area (Å²) in [5, 5.41) is 13.1. The van der Waals surface area contributed by atoms with Crippen molar-refractivity contribution in [3.8, 4) is 0 Å². The maximum absolute atomic E-state index is 12.9. The SMILES string of the molecule is Cc1ccc(C(O)=C2C(=O)C(=O)N(c3nccs3)C2c2cccc(Br)c2)cc1. The molecule has 0 saturated carbocycles. The number of benzene rings is 2. The number of ketones is 1. The molecule has 5 nitrogen and oxygen atoms in total. The van der Waals surface area contributed by atoms with Crippen molar-refractivity contribution in [1.29, 1.82) is 0 Å². The molecule has 28 heavy (non-hydrogen) atoms. The average Bonchev–Trinajstić information content (AvgIpc) is 3.29. The van der Waals surface area contributed by atoms with Gasteiger partial charge in [0.2, 0.25) is 0 Å². The molecule has 4 rings (SSSR count). The summed E-state index contributed by atoms with van der Waals surface area (Å²) in [7, 11) is 0. The largest absolute Gasteiger partial charge is 0.507 e. The van der Waals surface area contributed by atoms with Crippen LogP contribution in [0.15, 0.2) is 70.2 Å². The predicted octanol–water partition coefficient (Wildman–Crippen LogP) is 4.84. The number of rotatable bonds is 3. The molecule has 1 amide bonds. The van der Waals surface area contributed by atoms with Gasteiger partial charge in [-0.05, 0) is 24.6 Å². The van der Waals surface area contributed by atoms with Crippen LogP contribution in [0.4, 0.5) is 5.13 Å². The maximum Gasteiger partial charge on any atom is 0.301 e. The van der Waals surface area contributed by atoms with Crippen LogP contribution in [0, 0.1) is 6.92 Å². The second-order valence-electron chi connectivity index (χ2n) is 6.40. The van der Waals surface area contributed by atoms with E-state index in [1.807, 2.05) is 43.3 Å². The topological polar surface area (TPSA) is 70.5 Å². The second-order valence-corrected chi connectivity index (χ2v) is 8.19. The van der Waals surface area contributed by atoms with Gasteiger partial charge in [-0.2, -0.15) is 0 Å². The lowest BCUT2D eigenvalue weighted by Gasteiger charge is -2.23. The fourth-order valence-corrected chi connectivity index (χ4v) is 4.31. The number of carbonyl (C=O) groups excluding carboxylic acids is 2. The number of aliphatic hydroxyl groups is 1. The van der Waals surface area contributed by atoms with Gasteiger partial charge in [0.1, 0.15) is 5.76 Å². The molecule has 1 aliphatic heterocycles. The number of hydrogen-bond acceptors (Lipinski definition) is 5. The van der Waals surface area contributed by atoms with E-state index < -0.39 is 17.7 Å². The Bertz CT molecular complexity index is 1090. The summed E-state index contributed by atoms with van der Waals surface area (Å²) in [4.78, 5) is 31.3. The van der Waals surface area contributed by atoms with Crippen molar-refractivity contribution in [3.05, 3.63) is 86.8 Å². The third kappa shape index (κ3) is 3.16. The first-order chi connectivity index (χ1) is 13.5. The molecule has 1 saturated heterocycles. The molecule has 0 radical (unpaired) electrons. The first-order valence-electron chi connectivity index (χ1n) is 8.50. The molecule has 1 aromatic heterocycles. The quantitative estimate of drug-likeness (QED) is 0.349. The van der Waals surface area contributed by atoms with Crippen LogP contribution >= 0.6 is 27.3 Å². The Morgan fingerprint density at radius 2 is 1.93 bits per heavy atom. The summed E-state index contributed by atoms with van der Waals surface area (Å²) >= 11 is 4.70. The molecule has 2 heterocycles. The highest BCUT2D eigenvalue weighted by atomic mass is 79.9. The van der Waals surface area contributed by atoms with Gasteiger partial charge in [0.25, 0.3) is 5.78 Å². The van der Waals surface area contributed by atoms with Gasteiger partial charge in [0.05, 0.1) is 11.6 Å². The normalized spacial score (nSPS) is 18.6. The lowest BCUT2D eigenvalue weighted by molar-refractivity contribution is -0.132. The van der Waals surface area contributed by atoms with E-state index in [1.165, 1.54) is 16.2 Å². The summed E-state index contributed by atoms with van der Waals surface area (Å²) in [5.74, 6) is -1.62. The molecule has 7 heteroatoms. The number of carbonyl (C=O) groups is 2. The molecule has 1 atom stereocenters. The van der Waals surface area contributed by atoms with Crippen LogP contribution in [-0.4, -0.2) is 21.8 Å². The van der Waals surface area contributed by atoms with Crippen LogP contribution in [0.2, 0.25) is 0 Å². The van der Waals surface area contributed by atoms with Crippen LogP contribution < -0.4 is 4.90 Å². The van der Waals surface area contributed by atoms with Gasteiger partial charge in [-0.3, -0.25) is 14.5 Å². The highest BCUT2D eigenvalue weighted by molar-refractivity contribution is 9.10. The minimum Gasteiger partial charge on any atom is -0.507 e. The van der Waals surface area contributed by atoms with E-state index in [-0.39, 0.29) is 11.3 Å². The number of aromatic nitrogens is 1. The molecule has 2 aromatic carbocycles. The number of anilines is 1. The van der Waals surface area contributed by atoms with Crippen molar-refractivity contribution in [1.82, 2.24) is 4.98 Å². The van der Waals surface area contributed by atoms with Crippen molar-refractivity contribution in [3.63, 3.8) is 0 Å². The number of amides is 1. The van der Waals surface area contributed by atoms with E-state index in [1.54, 1.807) is 23.7 Å². The molecule has 1 N–H and O–H groups in total. The Morgan fingerprint density at radius 1 is 1.18 bits per heavy atom.